The first-order valence-corrected chi connectivity index (χ1v) is 9.20. The summed E-state index contributed by atoms with van der Waals surface area (Å²) in [6.45, 7) is 1.28. The van der Waals surface area contributed by atoms with Gasteiger partial charge in [-0.05, 0) is 50.4 Å². The van der Waals surface area contributed by atoms with Gasteiger partial charge in [0.2, 0.25) is 0 Å². The van der Waals surface area contributed by atoms with Crippen LogP contribution in [0, 0.1) is 17.3 Å². The number of ether oxygens (including phenoxy) is 4. The number of hydrogen-bond acceptors (Lipinski definition) is 6. The van der Waals surface area contributed by atoms with Gasteiger partial charge < -0.3 is 18.9 Å². The molecule has 5 aliphatic rings. The Labute approximate surface area is 150 Å². The lowest BCUT2D eigenvalue weighted by molar-refractivity contribution is -0.201. The summed E-state index contributed by atoms with van der Waals surface area (Å²) in [5.41, 5.74) is -1.02. The summed E-state index contributed by atoms with van der Waals surface area (Å²) in [4.78, 5) is 23.6. The van der Waals surface area contributed by atoms with Crippen LogP contribution in [0.2, 0.25) is 0 Å². The molecule has 0 aromatic carbocycles. The smallest absolute Gasteiger partial charge is 0.461 e. The molecule has 1 saturated heterocycles. The molecule has 4 bridgehead atoms. The van der Waals surface area contributed by atoms with E-state index in [2.05, 4.69) is 0 Å². The monoisotopic (exact) mass is 374 g/mol. The highest BCUT2D eigenvalue weighted by Crippen LogP contribution is 2.63. The number of rotatable bonds is 6. The zero-order valence-corrected chi connectivity index (χ0v) is 14.8. The molecule has 1 aliphatic heterocycles. The molecule has 8 heteroatoms. The lowest BCUT2D eigenvalue weighted by Gasteiger charge is -2.60. The zero-order chi connectivity index (χ0) is 18.6. The third-order valence-corrected chi connectivity index (χ3v) is 6.09. The maximum Gasteiger partial charge on any atom is 0.508 e. The number of halogens is 2. The van der Waals surface area contributed by atoms with E-state index in [4.69, 9.17) is 18.9 Å². The van der Waals surface area contributed by atoms with Gasteiger partial charge in [-0.3, -0.25) is 0 Å². The van der Waals surface area contributed by atoms with Crippen molar-refractivity contribution in [2.24, 2.45) is 17.3 Å². The molecule has 0 aromatic heterocycles. The van der Waals surface area contributed by atoms with Crippen molar-refractivity contribution in [3.05, 3.63) is 0 Å². The standard InChI is InChI=1S/C18H24F2O6/c1-16(19,20)14(21)25-10-17-3-11-2-12(4-17)6-18(5-11,9-17)26-15(22)24-8-13-7-23-13/h11-13H,2-10H2,1H3. The molecule has 0 N–H and O–H groups in total. The Morgan fingerprint density at radius 3 is 2.38 bits per heavy atom. The fraction of sp³-hybridized carbons (Fsp3) is 0.889. The molecule has 0 amide bonds. The molecule has 0 aromatic rings. The third-order valence-electron chi connectivity index (χ3n) is 6.09. The Balaban J connectivity index is 1.41. The Morgan fingerprint density at radius 2 is 1.81 bits per heavy atom. The second-order valence-electron chi connectivity index (χ2n) is 8.73. The predicted molar refractivity (Wildman–Crippen MR) is 83.6 cm³/mol. The maximum atomic E-state index is 13.1. The van der Waals surface area contributed by atoms with Gasteiger partial charge >= 0.3 is 18.0 Å². The van der Waals surface area contributed by atoms with Crippen molar-refractivity contribution < 1.29 is 37.3 Å². The quantitative estimate of drug-likeness (QED) is 0.525. The first-order chi connectivity index (χ1) is 12.2. The highest BCUT2D eigenvalue weighted by atomic mass is 19.3. The first-order valence-electron chi connectivity index (χ1n) is 9.20. The molecule has 5 fully saturated rings. The number of carbonyl (C=O) groups is 2. The van der Waals surface area contributed by atoms with Crippen LogP contribution in [0.4, 0.5) is 13.6 Å². The van der Waals surface area contributed by atoms with Crippen molar-refractivity contribution in [2.75, 3.05) is 19.8 Å². The van der Waals surface area contributed by atoms with Crippen molar-refractivity contribution in [3.8, 4) is 0 Å². The maximum absolute atomic E-state index is 13.1. The fourth-order valence-electron chi connectivity index (χ4n) is 5.53. The number of esters is 1. The van der Waals surface area contributed by atoms with E-state index < -0.39 is 23.6 Å². The topological polar surface area (TPSA) is 74.4 Å². The normalized spacial score (nSPS) is 40.2. The summed E-state index contributed by atoms with van der Waals surface area (Å²) < 4.78 is 47.0. The van der Waals surface area contributed by atoms with Crippen LogP contribution in [0.3, 0.4) is 0 Å². The summed E-state index contributed by atoms with van der Waals surface area (Å²) in [6, 6.07) is 0. The summed E-state index contributed by atoms with van der Waals surface area (Å²) in [7, 11) is 0. The van der Waals surface area contributed by atoms with Gasteiger partial charge in [-0.25, -0.2) is 9.59 Å². The second kappa shape index (κ2) is 6.04. The van der Waals surface area contributed by atoms with E-state index in [1.165, 1.54) is 0 Å². The van der Waals surface area contributed by atoms with Gasteiger partial charge in [0.25, 0.3) is 0 Å². The van der Waals surface area contributed by atoms with Gasteiger partial charge in [0, 0.05) is 12.3 Å². The van der Waals surface area contributed by atoms with Crippen LogP contribution in [0.1, 0.15) is 45.4 Å². The third kappa shape index (κ3) is 3.66. The van der Waals surface area contributed by atoms with Crippen LogP contribution >= 0.6 is 0 Å². The zero-order valence-electron chi connectivity index (χ0n) is 14.8. The van der Waals surface area contributed by atoms with Crippen LogP contribution in [-0.2, 0) is 23.7 Å². The van der Waals surface area contributed by atoms with E-state index >= 15 is 0 Å². The van der Waals surface area contributed by atoms with Crippen molar-refractivity contribution in [1.29, 1.82) is 0 Å². The highest BCUT2D eigenvalue weighted by molar-refractivity contribution is 5.76. The van der Waals surface area contributed by atoms with Crippen LogP contribution in [0.15, 0.2) is 0 Å². The Kier molecular flexibility index (Phi) is 4.17. The lowest BCUT2D eigenvalue weighted by atomic mass is 9.48. The van der Waals surface area contributed by atoms with E-state index in [1.54, 1.807) is 0 Å². The first kappa shape index (κ1) is 17.9. The molecule has 1 heterocycles. The Morgan fingerprint density at radius 1 is 1.15 bits per heavy atom. The highest BCUT2D eigenvalue weighted by Gasteiger charge is 2.60. The van der Waals surface area contributed by atoms with Gasteiger partial charge in [0.1, 0.15) is 18.3 Å². The summed E-state index contributed by atoms with van der Waals surface area (Å²) in [5, 5.41) is 0. The molecular weight excluding hydrogens is 350 g/mol. The molecule has 4 aliphatic carbocycles. The number of hydrogen-bond donors (Lipinski definition) is 0. The average molecular weight is 374 g/mol. The van der Waals surface area contributed by atoms with Crippen molar-refractivity contribution in [3.63, 3.8) is 0 Å². The minimum absolute atomic E-state index is 0.0274. The number of epoxide rings is 1. The van der Waals surface area contributed by atoms with Crippen molar-refractivity contribution in [1.82, 2.24) is 0 Å². The molecule has 26 heavy (non-hydrogen) atoms. The lowest BCUT2D eigenvalue weighted by Crippen LogP contribution is -2.59. The van der Waals surface area contributed by atoms with Crippen LogP contribution in [-0.4, -0.2) is 49.6 Å². The molecular formula is C18H24F2O6. The van der Waals surface area contributed by atoms with Gasteiger partial charge in [-0.15, -0.1) is 0 Å². The summed E-state index contributed by atoms with van der Waals surface area (Å²) in [6.07, 6.45) is 4.02. The molecule has 3 unspecified atom stereocenters. The Bertz CT molecular complexity index is 583. The van der Waals surface area contributed by atoms with Crippen molar-refractivity contribution in [2.45, 2.75) is 63.1 Å². The molecule has 146 valence electrons. The van der Waals surface area contributed by atoms with E-state index in [9.17, 15) is 18.4 Å². The molecule has 0 radical (unpaired) electrons. The predicted octanol–water partition coefficient (Wildman–Crippen LogP) is 3.08. The van der Waals surface area contributed by atoms with Gasteiger partial charge in [-0.2, -0.15) is 8.78 Å². The van der Waals surface area contributed by atoms with Crippen LogP contribution in [0.5, 0.6) is 0 Å². The molecule has 4 saturated carbocycles. The van der Waals surface area contributed by atoms with Crippen molar-refractivity contribution >= 4 is 12.1 Å². The van der Waals surface area contributed by atoms with Crippen LogP contribution < -0.4 is 0 Å². The fourth-order valence-corrected chi connectivity index (χ4v) is 5.53. The average Bonchev–Trinajstić information content (AvgIpc) is 3.32. The van der Waals surface area contributed by atoms with E-state index in [-0.39, 0.29) is 24.7 Å². The van der Waals surface area contributed by atoms with E-state index in [0.717, 1.165) is 32.1 Å². The van der Waals surface area contributed by atoms with E-state index in [0.29, 0.717) is 31.8 Å². The SMILES string of the molecule is CC(F)(F)C(=O)OCC12CC3CC(C1)CC(OC(=O)OCC1CO1)(C3)C2. The number of alkyl halides is 2. The number of carbonyl (C=O) groups excluding carboxylic acids is 2. The Hall–Kier alpha value is -1.44. The minimum Gasteiger partial charge on any atom is -0.461 e. The van der Waals surface area contributed by atoms with Gasteiger partial charge in [0.15, 0.2) is 0 Å². The summed E-state index contributed by atoms with van der Waals surface area (Å²) >= 11 is 0. The van der Waals surface area contributed by atoms with Gasteiger partial charge in [-0.1, -0.05) is 0 Å². The van der Waals surface area contributed by atoms with Gasteiger partial charge in [0.05, 0.1) is 13.2 Å². The van der Waals surface area contributed by atoms with E-state index in [1.807, 2.05) is 0 Å². The molecule has 0 spiro atoms. The summed E-state index contributed by atoms with van der Waals surface area (Å²) in [5.74, 6) is -4.27. The molecule has 5 rings (SSSR count). The largest absolute Gasteiger partial charge is 0.508 e. The van der Waals surface area contributed by atoms with Crippen LogP contribution in [0.25, 0.3) is 0 Å². The molecule has 3 atom stereocenters. The molecule has 6 nitrogen and oxygen atoms in total. The second-order valence-corrected chi connectivity index (χ2v) is 8.73. The minimum atomic E-state index is -3.49.